The first-order chi connectivity index (χ1) is 17.8. The lowest BCUT2D eigenvalue weighted by molar-refractivity contribution is 0.115. The van der Waals surface area contributed by atoms with Crippen molar-refractivity contribution in [1.29, 1.82) is 0 Å². The summed E-state index contributed by atoms with van der Waals surface area (Å²) in [5.41, 5.74) is 6.27. The van der Waals surface area contributed by atoms with E-state index in [1.807, 2.05) is 0 Å². The van der Waals surface area contributed by atoms with Crippen LogP contribution in [0, 0.1) is 0 Å². The maximum atomic E-state index is 6.06. The molecule has 0 saturated carbocycles. The average molecular weight is 486 g/mol. The van der Waals surface area contributed by atoms with E-state index in [1.54, 1.807) is 0 Å². The van der Waals surface area contributed by atoms with Crippen molar-refractivity contribution in [3.05, 3.63) is 102 Å². The van der Waals surface area contributed by atoms with Crippen molar-refractivity contribution in [2.24, 2.45) is 0 Å². The second kappa shape index (κ2) is 14.0. The number of nitrogens with zero attached hydrogens (tertiary/aromatic N) is 1. The quantitative estimate of drug-likeness (QED) is 0.139. The Morgan fingerprint density at radius 3 is 2.03 bits per heavy atom. The zero-order chi connectivity index (χ0) is 25.0. The van der Waals surface area contributed by atoms with Crippen LogP contribution < -0.4 is 4.74 Å². The van der Waals surface area contributed by atoms with Crippen molar-refractivity contribution >= 4 is 11.1 Å². The first-order valence-corrected chi connectivity index (χ1v) is 13.3. The summed E-state index contributed by atoms with van der Waals surface area (Å²) < 4.78 is 17.2. The number of epoxide rings is 1. The standard InChI is InChI=1S/C32H39NO3/c1-3-33(4-2)21-23-35-29-19-17-28(18-20-29)32(27-14-9-6-10-15-27)31(26-12-7-5-8-13-26)16-11-22-34-24-30-25-36-30/h5-10,12-15,17-20,30H,3-4,11,16,21-25H2,1-2H3. The van der Waals surface area contributed by atoms with Gasteiger partial charge in [-0.25, -0.2) is 0 Å². The summed E-state index contributed by atoms with van der Waals surface area (Å²) in [7, 11) is 0. The Balaban J connectivity index is 1.58. The number of benzene rings is 3. The molecule has 1 heterocycles. The van der Waals surface area contributed by atoms with Crippen molar-refractivity contribution in [3.8, 4) is 5.75 Å². The predicted molar refractivity (Wildman–Crippen MR) is 148 cm³/mol. The molecule has 4 heteroatoms. The Kier molecular flexibility index (Phi) is 10.2. The fourth-order valence-electron chi connectivity index (χ4n) is 4.45. The van der Waals surface area contributed by atoms with Gasteiger partial charge in [-0.2, -0.15) is 0 Å². The molecular weight excluding hydrogens is 446 g/mol. The van der Waals surface area contributed by atoms with E-state index in [0.717, 1.165) is 51.4 Å². The van der Waals surface area contributed by atoms with Gasteiger partial charge in [0.25, 0.3) is 0 Å². The molecule has 1 atom stereocenters. The smallest absolute Gasteiger partial charge is 0.119 e. The van der Waals surface area contributed by atoms with Gasteiger partial charge in [0, 0.05) is 13.2 Å². The van der Waals surface area contributed by atoms with Crippen LogP contribution in [0.1, 0.15) is 43.4 Å². The highest BCUT2D eigenvalue weighted by molar-refractivity contribution is 5.98. The van der Waals surface area contributed by atoms with Gasteiger partial charge in [0.2, 0.25) is 0 Å². The van der Waals surface area contributed by atoms with E-state index in [0.29, 0.717) is 19.3 Å². The SMILES string of the molecule is CCN(CC)CCOc1ccc(C(=C(CCCOCC2CO2)c2ccccc2)c2ccccc2)cc1. The van der Waals surface area contributed by atoms with Crippen LogP contribution in [0.4, 0.5) is 0 Å². The van der Waals surface area contributed by atoms with Crippen LogP contribution >= 0.6 is 0 Å². The van der Waals surface area contributed by atoms with Gasteiger partial charge in [0.1, 0.15) is 18.5 Å². The van der Waals surface area contributed by atoms with Gasteiger partial charge in [-0.15, -0.1) is 0 Å². The van der Waals surface area contributed by atoms with Crippen LogP contribution in [-0.2, 0) is 9.47 Å². The molecule has 0 N–H and O–H groups in total. The molecule has 0 spiro atoms. The highest BCUT2D eigenvalue weighted by atomic mass is 16.6. The molecule has 36 heavy (non-hydrogen) atoms. The highest BCUT2D eigenvalue weighted by Gasteiger charge is 2.22. The average Bonchev–Trinajstić information content (AvgIpc) is 3.76. The number of allylic oxidation sites excluding steroid dienone is 1. The summed E-state index contributed by atoms with van der Waals surface area (Å²) in [5.74, 6) is 0.912. The third kappa shape index (κ3) is 7.79. The minimum absolute atomic E-state index is 0.307. The molecule has 4 nitrogen and oxygen atoms in total. The molecule has 0 aliphatic carbocycles. The van der Waals surface area contributed by atoms with E-state index < -0.39 is 0 Å². The Morgan fingerprint density at radius 2 is 1.42 bits per heavy atom. The highest BCUT2D eigenvalue weighted by Crippen LogP contribution is 2.35. The van der Waals surface area contributed by atoms with E-state index in [1.165, 1.54) is 27.8 Å². The van der Waals surface area contributed by atoms with Crippen molar-refractivity contribution in [1.82, 2.24) is 4.90 Å². The van der Waals surface area contributed by atoms with Gasteiger partial charge in [0.05, 0.1) is 13.2 Å². The summed E-state index contributed by atoms with van der Waals surface area (Å²) in [6, 6.07) is 30.0. The minimum Gasteiger partial charge on any atom is -0.492 e. The molecule has 3 aromatic rings. The summed E-state index contributed by atoms with van der Waals surface area (Å²) >= 11 is 0. The predicted octanol–water partition coefficient (Wildman–Crippen LogP) is 6.56. The molecule has 0 radical (unpaired) electrons. The molecule has 1 aliphatic rings. The Bertz CT molecular complexity index is 1060. The van der Waals surface area contributed by atoms with Crippen molar-refractivity contribution in [2.45, 2.75) is 32.8 Å². The molecule has 190 valence electrons. The molecular formula is C32H39NO3. The Hall–Kier alpha value is -2.92. The van der Waals surface area contributed by atoms with Gasteiger partial charge in [-0.1, -0.05) is 86.6 Å². The zero-order valence-electron chi connectivity index (χ0n) is 21.7. The van der Waals surface area contributed by atoms with Gasteiger partial charge >= 0.3 is 0 Å². The molecule has 0 aromatic heterocycles. The minimum atomic E-state index is 0.307. The second-order valence-electron chi connectivity index (χ2n) is 9.12. The number of rotatable bonds is 15. The third-order valence-corrected chi connectivity index (χ3v) is 6.62. The number of likely N-dealkylation sites (N-methyl/N-ethyl adjacent to an activating group) is 1. The summed E-state index contributed by atoms with van der Waals surface area (Å²) in [5, 5.41) is 0. The van der Waals surface area contributed by atoms with E-state index >= 15 is 0 Å². The summed E-state index contributed by atoms with van der Waals surface area (Å²) in [6.45, 7) is 10.4. The van der Waals surface area contributed by atoms with Crippen LogP contribution in [0.2, 0.25) is 0 Å². The third-order valence-electron chi connectivity index (χ3n) is 6.62. The maximum Gasteiger partial charge on any atom is 0.119 e. The topological polar surface area (TPSA) is 34.2 Å². The second-order valence-corrected chi connectivity index (χ2v) is 9.12. The van der Waals surface area contributed by atoms with E-state index in [2.05, 4.69) is 104 Å². The lowest BCUT2D eigenvalue weighted by Gasteiger charge is -2.19. The number of ether oxygens (including phenoxy) is 3. The van der Waals surface area contributed by atoms with Crippen molar-refractivity contribution in [3.63, 3.8) is 0 Å². The van der Waals surface area contributed by atoms with E-state index in [4.69, 9.17) is 14.2 Å². The van der Waals surface area contributed by atoms with Crippen LogP contribution in [0.15, 0.2) is 84.9 Å². The lowest BCUT2D eigenvalue weighted by atomic mass is 9.87. The monoisotopic (exact) mass is 485 g/mol. The Labute approximate surface area is 216 Å². The largest absolute Gasteiger partial charge is 0.492 e. The van der Waals surface area contributed by atoms with E-state index in [9.17, 15) is 0 Å². The molecule has 1 aliphatic heterocycles. The lowest BCUT2D eigenvalue weighted by Crippen LogP contribution is -2.27. The van der Waals surface area contributed by atoms with Crippen molar-refractivity contribution < 1.29 is 14.2 Å². The first kappa shape index (κ1) is 26.2. The maximum absolute atomic E-state index is 6.06. The first-order valence-electron chi connectivity index (χ1n) is 13.3. The van der Waals surface area contributed by atoms with Gasteiger partial charge in [-0.05, 0) is 65.9 Å². The van der Waals surface area contributed by atoms with Crippen LogP contribution in [0.3, 0.4) is 0 Å². The molecule has 1 fully saturated rings. The molecule has 3 aromatic carbocycles. The summed E-state index contributed by atoms with van der Waals surface area (Å²) in [4.78, 5) is 2.37. The molecule has 1 unspecified atom stereocenters. The van der Waals surface area contributed by atoms with Crippen LogP contribution in [0.5, 0.6) is 5.75 Å². The van der Waals surface area contributed by atoms with Gasteiger partial charge in [0.15, 0.2) is 0 Å². The van der Waals surface area contributed by atoms with Crippen LogP contribution in [0.25, 0.3) is 11.1 Å². The molecule has 1 saturated heterocycles. The normalized spacial score (nSPS) is 15.6. The number of hydrogen-bond donors (Lipinski definition) is 0. The summed E-state index contributed by atoms with van der Waals surface area (Å²) in [6.07, 6.45) is 2.20. The fourth-order valence-corrected chi connectivity index (χ4v) is 4.45. The number of hydrogen-bond acceptors (Lipinski definition) is 4. The van der Waals surface area contributed by atoms with Crippen molar-refractivity contribution in [2.75, 3.05) is 46.1 Å². The zero-order valence-corrected chi connectivity index (χ0v) is 21.7. The van der Waals surface area contributed by atoms with Gasteiger partial charge in [-0.3, -0.25) is 0 Å². The molecule has 0 bridgehead atoms. The Morgan fingerprint density at radius 1 is 0.806 bits per heavy atom. The molecule has 4 rings (SSSR count). The fraction of sp³-hybridized carbons (Fsp3) is 0.375. The molecule has 0 amide bonds. The van der Waals surface area contributed by atoms with Crippen LogP contribution in [-0.4, -0.2) is 57.1 Å². The van der Waals surface area contributed by atoms with Gasteiger partial charge < -0.3 is 19.1 Å². The van der Waals surface area contributed by atoms with E-state index in [-0.39, 0.29) is 0 Å².